The molecule has 1 fully saturated rings. The van der Waals surface area contributed by atoms with Gasteiger partial charge in [0.05, 0.1) is 6.10 Å². The van der Waals surface area contributed by atoms with E-state index in [1.165, 1.54) is 24.8 Å². The number of aryl methyl sites for hydroxylation is 1. The Kier molecular flexibility index (Phi) is 5.26. The zero-order valence-electron chi connectivity index (χ0n) is 12.5. The highest BCUT2D eigenvalue weighted by Crippen LogP contribution is 2.26. The van der Waals surface area contributed by atoms with Crippen molar-refractivity contribution in [1.82, 2.24) is 5.32 Å². The van der Waals surface area contributed by atoms with Crippen molar-refractivity contribution in [3.8, 4) is 5.75 Å². The average molecular weight is 261 g/mol. The van der Waals surface area contributed by atoms with Crippen LogP contribution in [-0.4, -0.2) is 18.7 Å². The van der Waals surface area contributed by atoms with E-state index in [2.05, 4.69) is 50.4 Å². The molecule has 1 aromatic rings. The molecular weight excluding hydrogens is 234 g/mol. The molecule has 0 aromatic heterocycles. The summed E-state index contributed by atoms with van der Waals surface area (Å²) in [5.41, 5.74) is 1.41. The molecule has 106 valence electrons. The molecule has 1 saturated carbocycles. The van der Waals surface area contributed by atoms with E-state index in [-0.39, 0.29) is 0 Å². The van der Waals surface area contributed by atoms with Crippen LogP contribution in [0, 0.1) is 5.92 Å². The topological polar surface area (TPSA) is 21.3 Å². The Balaban J connectivity index is 1.80. The van der Waals surface area contributed by atoms with E-state index in [0.717, 1.165) is 18.7 Å². The molecule has 0 amide bonds. The minimum absolute atomic E-state index is 0.491. The first-order valence-electron chi connectivity index (χ1n) is 7.68. The molecule has 0 spiro atoms. The highest BCUT2D eigenvalue weighted by atomic mass is 16.5. The third-order valence-electron chi connectivity index (χ3n) is 3.77. The van der Waals surface area contributed by atoms with Crippen molar-refractivity contribution in [1.29, 1.82) is 0 Å². The van der Waals surface area contributed by atoms with Crippen molar-refractivity contribution < 1.29 is 4.74 Å². The molecule has 0 heterocycles. The van der Waals surface area contributed by atoms with Gasteiger partial charge < -0.3 is 10.1 Å². The minimum Gasteiger partial charge on any atom is -0.490 e. The lowest BCUT2D eigenvalue weighted by Crippen LogP contribution is -2.34. The molecule has 2 nitrogen and oxygen atoms in total. The molecule has 2 heteroatoms. The Morgan fingerprint density at radius 2 is 1.89 bits per heavy atom. The zero-order valence-corrected chi connectivity index (χ0v) is 12.5. The van der Waals surface area contributed by atoms with Gasteiger partial charge in [-0.3, -0.25) is 0 Å². The van der Waals surface area contributed by atoms with Crippen LogP contribution in [-0.2, 0) is 6.42 Å². The number of hydrogen-bond acceptors (Lipinski definition) is 2. The molecule has 1 aliphatic rings. The molecular formula is C17H27NO. The van der Waals surface area contributed by atoms with Crippen LogP contribution in [0.15, 0.2) is 24.3 Å². The molecule has 0 aliphatic heterocycles. The molecule has 0 saturated heterocycles. The van der Waals surface area contributed by atoms with Crippen LogP contribution in [0.1, 0.15) is 45.6 Å². The van der Waals surface area contributed by atoms with Crippen LogP contribution in [0.4, 0.5) is 0 Å². The summed E-state index contributed by atoms with van der Waals surface area (Å²) in [6.07, 6.45) is 5.28. The lowest BCUT2D eigenvalue weighted by Gasteiger charge is -2.21. The van der Waals surface area contributed by atoms with Gasteiger partial charge in [-0.1, -0.05) is 32.9 Å². The second-order valence-electron chi connectivity index (χ2n) is 5.91. The van der Waals surface area contributed by atoms with Crippen molar-refractivity contribution >= 4 is 0 Å². The summed E-state index contributed by atoms with van der Waals surface area (Å²) in [6.45, 7) is 7.82. The highest BCUT2D eigenvalue weighted by Gasteiger charge is 2.23. The molecule has 2 rings (SSSR count). The van der Waals surface area contributed by atoms with E-state index in [1.54, 1.807) is 0 Å². The summed E-state index contributed by atoms with van der Waals surface area (Å²) < 4.78 is 5.77. The monoisotopic (exact) mass is 261 g/mol. The summed E-state index contributed by atoms with van der Waals surface area (Å²) in [5, 5.41) is 3.57. The van der Waals surface area contributed by atoms with Gasteiger partial charge in [-0.25, -0.2) is 0 Å². The third kappa shape index (κ3) is 4.87. The normalized spacial score (nSPS) is 16.6. The van der Waals surface area contributed by atoms with Crippen LogP contribution in [0.3, 0.4) is 0 Å². The fourth-order valence-corrected chi connectivity index (χ4v) is 2.37. The van der Waals surface area contributed by atoms with Gasteiger partial charge in [0, 0.05) is 6.04 Å². The maximum absolute atomic E-state index is 5.77. The minimum atomic E-state index is 0.491. The van der Waals surface area contributed by atoms with E-state index in [1.807, 2.05) is 0 Å². The van der Waals surface area contributed by atoms with Crippen molar-refractivity contribution in [2.75, 3.05) is 6.54 Å². The molecule has 1 N–H and O–H groups in total. The van der Waals surface area contributed by atoms with Gasteiger partial charge in [-0.05, 0) is 55.8 Å². The number of nitrogens with one attached hydrogen (secondary N) is 1. The molecule has 0 bridgehead atoms. The number of ether oxygens (including phenoxy) is 1. The third-order valence-corrected chi connectivity index (χ3v) is 3.77. The Hall–Kier alpha value is -1.02. The predicted molar refractivity (Wildman–Crippen MR) is 80.7 cm³/mol. The lowest BCUT2D eigenvalue weighted by molar-refractivity contribution is 0.303. The second-order valence-corrected chi connectivity index (χ2v) is 5.91. The molecule has 1 aromatic carbocycles. The summed E-state index contributed by atoms with van der Waals surface area (Å²) in [7, 11) is 0. The summed E-state index contributed by atoms with van der Waals surface area (Å²) in [6, 6.07) is 9.27. The van der Waals surface area contributed by atoms with Crippen LogP contribution in [0.5, 0.6) is 5.75 Å². The SMILES string of the molecule is CCNC(CCc1ccc(OC2CC2)cc1)C(C)C. The van der Waals surface area contributed by atoms with E-state index >= 15 is 0 Å². The standard InChI is InChI=1S/C17H27NO/c1-4-18-17(13(2)3)12-7-14-5-8-15(9-6-14)19-16-10-11-16/h5-6,8-9,13,16-18H,4,7,10-12H2,1-3H3. The molecule has 1 atom stereocenters. The Bertz CT molecular complexity index is 367. The number of hydrogen-bond donors (Lipinski definition) is 1. The predicted octanol–water partition coefficient (Wildman–Crippen LogP) is 3.79. The number of benzene rings is 1. The van der Waals surface area contributed by atoms with Crippen LogP contribution < -0.4 is 10.1 Å². The van der Waals surface area contributed by atoms with Gasteiger partial charge in [0.25, 0.3) is 0 Å². The Morgan fingerprint density at radius 3 is 2.42 bits per heavy atom. The quantitative estimate of drug-likeness (QED) is 0.768. The van der Waals surface area contributed by atoms with Gasteiger partial charge in [0.15, 0.2) is 0 Å². The largest absolute Gasteiger partial charge is 0.490 e. The smallest absolute Gasteiger partial charge is 0.119 e. The van der Waals surface area contributed by atoms with Crippen molar-refractivity contribution in [2.45, 2.75) is 58.6 Å². The first-order chi connectivity index (χ1) is 9.19. The van der Waals surface area contributed by atoms with E-state index in [0.29, 0.717) is 18.1 Å². The first kappa shape index (κ1) is 14.4. The maximum atomic E-state index is 5.77. The summed E-state index contributed by atoms with van der Waals surface area (Å²) >= 11 is 0. The summed E-state index contributed by atoms with van der Waals surface area (Å²) in [5.74, 6) is 1.72. The second kappa shape index (κ2) is 6.95. The van der Waals surface area contributed by atoms with Crippen LogP contribution in [0.25, 0.3) is 0 Å². The molecule has 19 heavy (non-hydrogen) atoms. The van der Waals surface area contributed by atoms with Crippen LogP contribution >= 0.6 is 0 Å². The fraction of sp³-hybridized carbons (Fsp3) is 0.647. The Labute approximate surface area is 117 Å². The molecule has 0 radical (unpaired) electrons. The van der Waals surface area contributed by atoms with Crippen molar-refractivity contribution in [3.63, 3.8) is 0 Å². The summed E-state index contributed by atoms with van der Waals surface area (Å²) in [4.78, 5) is 0. The average Bonchev–Trinajstić information content (AvgIpc) is 3.20. The van der Waals surface area contributed by atoms with E-state index < -0.39 is 0 Å². The van der Waals surface area contributed by atoms with Gasteiger partial charge >= 0.3 is 0 Å². The number of rotatable bonds is 8. The van der Waals surface area contributed by atoms with Gasteiger partial charge in [0.2, 0.25) is 0 Å². The van der Waals surface area contributed by atoms with Gasteiger partial charge in [0.1, 0.15) is 5.75 Å². The zero-order chi connectivity index (χ0) is 13.7. The fourth-order valence-electron chi connectivity index (χ4n) is 2.37. The van der Waals surface area contributed by atoms with Crippen molar-refractivity contribution in [3.05, 3.63) is 29.8 Å². The van der Waals surface area contributed by atoms with Gasteiger partial charge in [-0.15, -0.1) is 0 Å². The van der Waals surface area contributed by atoms with E-state index in [9.17, 15) is 0 Å². The van der Waals surface area contributed by atoms with E-state index in [4.69, 9.17) is 4.74 Å². The molecule has 1 unspecified atom stereocenters. The highest BCUT2D eigenvalue weighted by molar-refractivity contribution is 5.28. The van der Waals surface area contributed by atoms with Crippen LogP contribution in [0.2, 0.25) is 0 Å². The Morgan fingerprint density at radius 1 is 1.21 bits per heavy atom. The van der Waals surface area contributed by atoms with Crippen molar-refractivity contribution in [2.24, 2.45) is 5.92 Å². The maximum Gasteiger partial charge on any atom is 0.119 e. The van der Waals surface area contributed by atoms with Gasteiger partial charge in [-0.2, -0.15) is 0 Å². The molecule has 1 aliphatic carbocycles. The lowest BCUT2D eigenvalue weighted by atomic mass is 9.96. The first-order valence-corrected chi connectivity index (χ1v) is 7.68.